The number of aromatic nitrogens is 2. The van der Waals surface area contributed by atoms with Crippen molar-refractivity contribution in [2.45, 2.75) is 19.1 Å². The normalized spacial score (nSPS) is 17.7. The molecule has 216 valence electrons. The summed E-state index contributed by atoms with van der Waals surface area (Å²) in [7, 11) is 3.42. The number of methoxy groups -OCH3 is 1. The molecular weight excluding hydrogens is 544 g/mol. The number of carbonyl (C=O) groups excluding carboxylic acids is 1. The Balaban J connectivity index is 1.38. The third-order valence-corrected chi connectivity index (χ3v) is 7.06. The fourth-order valence-electron chi connectivity index (χ4n) is 4.68. The van der Waals surface area contributed by atoms with Crippen molar-refractivity contribution in [1.82, 2.24) is 14.9 Å². The van der Waals surface area contributed by atoms with Crippen LogP contribution in [0.5, 0.6) is 5.75 Å². The molecule has 1 unspecified atom stereocenters. The third-order valence-electron chi connectivity index (χ3n) is 7.06. The molecule has 1 aromatic carbocycles. The Morgan fingerprint density at radius 3 is 2.51 bits per heavy atom. The number of benzene rings is 1. The number of pyridine rings is 2. The van der Waals surface area contributed by atoms with Crippen LogP contribution in [0.25, 0.3) is 0 Å². The number of nitrogens with zero attached hydrogens (tertiary/aromatic N) is 7. The molecule has 2 aliphatic rings. The van der Waals surface area contributed by atoms with Gasteiger partial charge in [0, 0.05) is 49.8 Å². The summed E-state index contributed by atoms with van der Waals surface area (Å²) in [6.07, 6.45) is -0.379. The van der Waals surface area contributed by atoms with Gasteiger partial charge in [0.05, 0.1) is 48.0 Å². The predicted molar refractivity (Wildman–Crippen MR) is 144 cm³/mol. The van der Waals surface area contributed by atoms with Crippen molar-refractivity contribution >= 4 is 23.0 Å². The Kier molecular flexibility index (Phi) is 7.76. The Morgan fingerprint density at radius 2 is 1.80 bits per heavy atom. The van der Waals surface area contributed by atoms with E-state index in [0.717, 1.165) is 5.56 Å². The summed E-state index contributed by atoms with van der Waals surface area (Å²) in [5.74, 6) is -1.48. The number of halogens is 4. The van der Waals surface area contributed by atoms with Gasteiger partial charge < -0.3 is 19.9 Å². The minimum atomic E-state index is -4.94. The molecule has 14 heteroatoms. The summed E-state index contributed by atoms with van der Waals surface area (Å²) in [5.41, 5.74) is 0.140. The summed E-state index contributed by atoms with van der Waals surface area (Å²) in [6, 6.07) is 4.86. The SMILES string of the molecule is COc1cncc(C2CN(c3cc(C(=O)Nc4cc(N5CCN(C)CC5)c(F)c(C(F)(F)F)c4)cnc3C)N=N2)c1. The molecule has 1 fully saturated rings. The second-order valence-corrected chi connectivity index (χ2v) is 9.89. The van der Waals surface area contributed by atoms with E-state index in [9.17, 15) is 18.0 Å². The molecule has 4 heterocycles. The van der Waals surface area contributed by atoms with E-state index in [1.54, 1.807) is 35.3 Å². The largest absolute Gasteiger partial charge is 0.495 e. The Labute approximate surface area is 233 Å². The summed E-state index contributed by atoms with van der Waals surface area (Å²) in [6.45, 7) is 3.93. The van der Waals surface area contributed by atoms with E-state index in [1.165, 1.54) is 19.4 Å². The number of anilines is 3. The minimum absolute atomic E-state index is 0.0892. The van der Waals surface area contributed by atoms with E-state index in [1.807, 2.05) is 18.0 Å². The van der Waals surface area contributed by atoms with Crippen molar-refractivity contribution in [3.63, 3.8) is 0 Å². The molecule has 41 heavy (non-hydrogen) atoms. The highest BCUT2D eigenvalue weighted by Crippen LogP contribution is 2.38. The Hall–Kier alpha value is -4.33. The number of hydrogen-bond acceptors (Lipinski definition) is 9. The first kappa shape index (κ1) is 28.2. The van der Waals surface area contributed by atoms with Crippen LogP contribution in [-0.4, -0.2) is 67.7 Å². The van der Waals surface area contributed by atoms with Gasteiger partial charge in [-0.1, -0.05) is 5.22 Å². The molecule has 1 atom stereocenters. The highest BCUT2D eigenvalue weighted by Gasteiger charge is 2.37. The first-order valence-corrected chi connectivity index (χ1v) is 12.8. The van der Waals surface area contributed by atoms with E-state index in [2.05, 4.69) is 25.6 Å². The number of piperazine rings is 1. The molecule has 0 radical (unpaired) electrons. The monoisotopic (exact) mass is 572 g/mol. The molecule has 0 spiro atoms. The van der Waals surface area contributed by atoms with E-state index in [0.29, 0.717) is 55.9 Å². The van der Waals surface area contributed by atoms with Gasteiger partial charge in [0.25, 0.3) is 5.91 Å². The van der Waals surface area contributed by atoms with Crippen molar-refractivity contribution in [2.24, 2.45) is 10.3 Å². The Bertz CT molecular complexity index is 1470. The second kappa shape index (κ2) is 11.3. The fraction of sp³-hybridized carbons (Fsp3) is 0.370. The number of nitrogens with one attached hydrogen (secondary N) is 1. The zero-order valence-electron chi connectivity index (χ0n) is 22.6. The smallest absolute Gasteiger partial charge is 0.419 e. The van der Waals surface area contributed by atoms with Crippen LogP contribution >= 0.6 is 0 Å². The molecule has 1 N–H and O–H groups in total. The summed E-state index contributed by atoms with van der Waals surface area (Å²) in [4.78, 5) is 25.2. The number of ether oxygens (including phenoxy) is 1. The molecule has 10 nitrogen and oxygen atoms in total. The highest BCUT2D eigenvalue weighted by molar-refractivity contribution is 6.05. The number of amides is 1. The minimum Gasteiger partial charge on any atom is -0.495 e. The molecule has 0 aliphatic carbocycles. The second-order valence-electron chi connectivity index (χ2n) is 9.89. The lowest BCUT2D eigenvalue weighted by atomic mass is 10.1. The maximum atomic E-state index is 15.0. The van der Waals surface area contributed by atoms with Gasteiger partial charge in [0.15, 0.2) is 5.82 Å². The molecular formula is C27H28F4N8O2. The summed E-state index contributed by atoms with van der Waals surface area (Å²) in [5, 5.41) is 12.6. The number of aryl methyl sites for hydroxylation is 1. The van der Waals surface area contributed by atoms with Crippen molar-refractivity contribution in [3.8, 4) is 5.75 Å². The average Bonchev–Trinajstić information content (AvgIpc) is 3.44. The fourth-order valence-corrected chi connectivity index (χ4v) is 4.68. The molecule has 1 amide bonds. The van der Waals surface area contributed by atoms with Crippen molar-refractivity contribution in [2.75, 3.05) is 62.1 Å². The van der Waals surface area contributed by atoms with Gasteiger partial charge in [0.1, 0.15) is 11.8 Å². The van der Waals surface area contributed by atoms with Gasteiger partial charge in [-0.25, -0.2) is 9.40 Å². The lowest BCUT2D eigenvalue weighted by molar-refractivity contribution is -0.139. The predicted octanol–water partition coefficient (Wildman–Crippen LogP) is 4.88. The summed E-state index contributed by atoms with van der Waals surface area (Å²) >= 11 is 0. The summed E-state index contributed by atoms with van der Waals surface area (Å²) < 4.78 is 61.5. The zero-order valence-corrected chi connectivity index (χ0v) is 22.6. The van der Waals surface area contributed by atoms with Gasteiger partial charge in [0.2, 0.25) is 0 Å². The van der Waals surface area contributed by atoms with Crippen LogP contribution in [0, 0.1) is 12.7 Å². The first-order valence-electron chi connectivity index (χ1n) is 12.8. The number of rotatable bonds is 6. The standard InChI is InChI=1S/C27H28F4N8O2/c1-16-23(39-15-22(35-36-39)17-8-20(41-3)14-32-12-17)9-18(13-33-16)26(40)34-19-10-21(27(29,30)31)25(28)24(11-19)38-6-4-37(2)5-7-38/h8-14,22H,4-7,15H2,1-3H3,(H,34,40). The number of hydrogen-bond donors (Lipinski definition) is 1. The van der Waals surface area contributed by atoms with Gasteiger partial charge in [-0.3, -0.25) is 14.8 Å². The van der Waals surface area contributed by atoms with Crippen LogP contribution in [0.2, 0.25) is 0 Å². The molecule has 2 aliphatic heterocycles. The molecule has 0 bridgehead atoms. The van der Waals surface area contributed by atoms with E-state index in [-0.39, 0.29) is 23.0 Å². The quantitative estimate of drug-likeness (QED) is 0.421. The topological polar surface area (TPSA) is 98.6 Å². The van der Waals surface area contributed by atoms with Crippen LogP contribution in [0.4, 0.5) is 34.6 Å². The van der Waals surface area contributed by atoms with Crippen LogP contribution in [0.15, 0.2) is 53.2 Å². The third kappa shape index (κ3) is 6.06. The van der Waals surface area contributed by atoms with Crippen molar-refractivity contribution < 1.29 is 27.1 Å². The van der Waals surface area contributed by atoms with Crippen LogP contribution in [-0.2, 0) is 6.18 Å². The highest BCUT2D eigenvalue weighted by atomic mass is 19.4. The molecule has 3 aromatic rings. The van der Waals surface area contributed by atoms with Gasteiger partial charge in [-0.2, -0.15) is 18.3 Å². The molecule has 5 rings (SSSR count). The maximum absolute atomic E-state index is 15.0. The molecule has 0 saturated carbocycles. The van der Waals surface area contributed by atoms with Gasteiger partial charge in [-0.05, 0) is 38.2 Å². The Morgan fingerprint density at radius 1 is 1.05 bits per heavy atom. The van der Waals surface area contributed by atoms with Gasteiger partial charge >= 0.3 is 6.18 Å². The number of likely N-dealkylation sites (N-methyl/N-ethyl adjacent to an activating group) is 1. The average molecular weight is 573 g/mol. The van der Waals surface area contributed by atoms with Crippen LogP contribution < -0.4 is 20.0 Å². The lowest BCUT2D eigenvalue weighted by Gasteiger charge is -2.34. The van der Waals surface area contributed by atoms with Crippen molar-refractivity contribution in [3.05, 3.63) is 71.1 Å². The lowest BCUT2D eigenvalue weighted by Crippen LogP contribution is -2.45. The zero-order chi connectivity index (χ0) is 29.3. The first-order chi connectivity index (χ1) is 19.5. The molecule has 1 saturated heterocycles. The maximum Gasteiger partial charge on any atom is 0.419 e. The van der Waals surface area contributed by atoms with E-state index < -0.39 is 23.5 Å². The van der Waals surface area contributed by atoms with E-state index >= 15 is 4.39 Å². The van der Waals surface area contributed by atoms with Gasteiger partial charge in [-0.15, -0.1) is 0 Å². The number of alkyl halides is 3. The van der Waals surface area contributed by atoms with Crippen molar-refractivity contribution in [1.29, 1.82) is 0 Å². The number of carbonyl (C=O) groups is 1. The van der Waals surface area contributed by atoms with Crippen LogP contribution in [0.3, 0.4) is 0 Å². The molecule has 2 aromatic heterocycles. The van der Waals surface area contributed by atoms with E-state index in [4.69, 9.17) is 4.74 Å². The van der Waals surface area contributed by atoms with Crippen LogP contribution in [0.1, 0.15) is 33.2 Å².